The fourth-order valence-corrected chi connectivity index (χ4v) is 5.15. The van der Waals surface area contributed by atoms with Crippen LogP contribution in [0.4, 0.5) is 0 Å². The molecule has 0 bridgehead atoms. The smallest absolute Gasteiger partial charge is 0.333 e. The molecule has 0 spiro atoms. The molecule has 2 aromatic rings. The average molecular weight is 424 g/mol. The van der Waals surface area contributed by atoms with E-state index in [4.69, 9.17) is 4.74 Å². The Bertz CT molecular complexity index is 826. The standard InChI is InChI=1S/C22H33NO3S2/c1-15(2)26-19(24)22(14-20(3,4)5,23-28(25)21(6,7)8)18-13-16-11-9-10-12-17(16)27-18/h9-13,15,23H,14H2,1-8H3/t22-,28?/m1/s1. The minimum Gasteiger partial charge on any atom is -0.461 e. The molecule has 1 heterocycles. The number of benzene rings is 1. The van der Waals surface area contributed by atoms with E-state index in [9.17, 15) is 9.00 Å². The highest BCUT2D eigenvalue weighted by atomic mass is 32.2. The fraction of sp³-hybridized carbons (Fsp3) is 0.591. The van der Waals surface area contributed by atoms with Crippen LogP contribution >= 0.6 is 11.3 Å². The van der Waals surface area contributed by atoms with E-state index < -0.39 is 21.3 Å². The predicted molar refractivity (Wildman–Crippen MR) is 120 cm³/mol. The maximum absolute atomic E-state index is 13.5. The first-order valence-electron chi connectivity index (χ1n) is 9.64. The van der Waals surface area contributed by atoms with Crippen molar-refractivity contribution in [1.82, 2.24) is 4.72 Å². The number of hydrogen-bond donors (Lipinski definition) is 1. The number of esters is 1. The normalized spacial score (nSPS) is 16.2. The largest absolute Gasteiger partial charge is 0.461 e. The van der Waals surface area contributed by atoms with Gasteiger partial charge in [0.15, 0.2) is 5.54 Å². The molecule has 6 heteroatoms. The van der Waals surface area contributed by atoms with Crippen LogP contribution in [-0.2, 0) is 26.1 Å². The minimum absolute atomic E-state index is 0.193. The zero-order valence-corrected chi connectivity index (χ0v) is 19.8. The molecular weight excluding hydrogens is 390 g/mol. The van der Waals surface area contributed by atoms with Crippen molar-refractivity contribution in [2.45, 2.75) is 78.2 Å². The van der Waals surface area contributed by atoms with Gasteiger partial charge in [0.05, 0.1) is 21.8 Å². The predicted octanol–water partition coefficient (Wildman–Crippen LogP) is 5.54. The van der Waals surface area contributed by atoms with Crippen molar-refractivity contribution in [3.05, 3.63) is 35.2 Å². The second-order valence-corrected chi connectivity index (χ2v) is 12.8. The Hall–Kier alpha value is -1.24. The van der Waals surface area contributed by atoms with Gasteiger partial charge in [0, 0.05) is 9.58 Å². The lowest BCUT2D eigenvalue weighted by molar-refractivity contribution is -0.156. The number of ether oxygens (including phenoxy) is 1. The van der Waals surface area contributed by atoms with E-state index in [-0.39, 0.29) is 17.5 Å². The quantitative estimate of drug-likeness (QED) is 0.621. The topological polar surface area (TPSA) is 55.4 Å². The molecule has 0 aliphatic carbocycles. The molecule has 28 heavy (non-hydrogen) atoms. The molecule has 0 radical (unpaired) electrons. The molecule has 0 aliphatic heterocycles. The Morgan fingerprint density at radius 3 is 2.25 bits per heavy atom. The van der Waals surface area contributed by atoms with Crippen molar-refractivity contribution < 1.29 is 13.7 Å². The van der Waals surface area contributed by atoms with Crippen LogP contribution in [0, 0.1) is 5.41 Å². The summed E-state index contributed by atoms with van der Waals surface area (Å²) >= 11 is 1.56. The number of carbonyl (C=O) groups is 1. The molecule has 156 valence electrons. The molecule has 2 atom stereocenters. The van der Waals surface area contributed by atoms with Crippen molar-refractivity contribution in [3.8, 4) is 0 Å². The number of thiophene rings is 1. The van der Waals surface area contributed by atoms with Gasteiger partial charge in [-0.05, 0) is 64.0 Å². The van der Waals surface area contributed by atoms with Gasteiger partial charge in [0.1, 0.15) is 0 Å². The van der Waals surface area contributed by atoms with Gasteiger partial charge in [0.25, 0.3) is 0 Å². The van der Waals surface area contributed by atoms with E-state index in [0.29, 0.717) is 6.42 Å². The Balaban J connectivity index is 2.70. The lowest BCUT2D eigenvalue weighted by atomic mass is 9.79. The van der Waals surface area contributed by atoms with Gasteiger partial charge in [-0.15, -0.1) is 11.3 Å². The lowest BCUT2D eigenvalue weighted by Gasteiger charge is -2.38. The van der Waals surface area contributed by atoms with Crippen molar-refractivity contribution >= 4 is 38.4 Å². The van der Waals surface area contributed by atoms with Crippen molar-refractivity contribution in [3.63, 3.8) is 0 Å². The summed E-state index contributed by atoms with van der Waals surface area (Å²) in [6.45, 7) is 15.6. The van der Waals surface area contributed by atoms with Gasteiger partial charge < -0.3 is 4.74 Å². The van der Waals surface area contributed by atoms with Crippen LogP contribution in [0.5, 0.6) is 0 Å². The van der Waals surface area contributed by atoms with Gasteiger partial charge >= 0.3 is 5.97 Å². The van der Waals surface area contributed by atoms with Gasteiger partial charge in [-0.3, -0.25) is 0 Å². The van der Waals surface area contributed by atoms with E-state index in [1.807, 2.05) is 65.0 Å². The van der Waals surface area contributed by atoms with E-state index in [0.717, 1.165) is 15.0 Å². The van der Waals surface area contributed by atoms with Crippen molar-refractivity contribution in [2.24, 2.45) is 5.41 Å². The maximum atomic E-state index is 13.5. The van der Waals surface area contributed by atoms with Crippen LogP contribution in [0.2, 0.25) is 0 Å². The van der Waals surface area contributed by atoms with Gasteiger partial charge in [-0.2, -0.15) is 0 Å². The first-order valence-corrected chi connectivity index (χ1v) is 11.6. The molecule has 0 saturated heterocycles. The molecule has 4 nitrogen and oxygen atoms in total. The van der Waals surface area contributed by atoms with Crippen molar-refractivity contribution in [1.29, 1.82) is 0 Å². The Kier molecular flexibility index (Phi) is 6.79. The molecule has 1 aromatic carbocycles. The highest BCUT2D eigenvalue weighted by Gasteiger charge is 2.48. The molecule has 1 N–H and O–H groups in total. The van der Waals surface area contributed by atoms with Crippen molar-refractivity contribution in [2.75, 3.05) is 0 Å². The molecule has 2 rings (SSSR count). The first kappa shape index (κ1) is 23.0. The molecule has 0 saturated carbocycles. The van der Waals surface area contributed by atoms with Gasteiger partial charge in [-0.25, -0.2) is 13.7 Å². The number of rotatable bonds is 6. The third kappa shape index (κ3) is 5.43. The summed E-state index contributed by atoms with van der Waals surface area (Å²) in [4.78, 5) is 14.3. The van der Waals surface area contributed by atoms with Crippen LogP contribution < -0.4 is 4.72 Å². The van der Waals surface area contributed by atoms with Gasteiger partial charge in [0.2, 0.25) is 0 Å². The third-order valence-electron chi connectivity index (χ3n) is 4.16. The summed E-state index contributed by atoms with van der Waals surface area (Å²) in [7, 11) is -1.44. The zero-order valence-electron chi connectivity index (χ0n) is 18.2. The maximum Gasteiger partial charge on any atom is 0.333 e. The second kappa shape index (κ2) is 8.25. The summed E-state index contributed by atoms with van der Waals surface area (Å²) < 4.78 is 22.6. The van der Waals surface area contributed by atoms with Crippen LogP contribution in [-0.4, -0.2) is 21.0 Å². The van der Waals surface area contributed by atoms with Crippen LogP contribution in [0.1, 0.15) is 66.7 Å². The molecule has 0 fully saturated rings. The minimum atomic E-state index is -1.44. The fourth-order valence-electron chi connectivity index (χ4n) is 3.00. The molecule has 0 aliphatic rings. The highest BCUT2D eigenvalue weighted by molar-refractivity contribution is 7.84. The first-order chi connectivity index (χ1) is 12.7. The van der Waals surface area contributed by atoms with Crippen LogP contribution in [0.25, 0.3) is 10.1 Å². The van der Waals surface area contributed by atoms with Crippen LogP contribution in [0.15, 0.2) is 30.3 Å². The monoisotopic (exact) mass is 423 g/mol. The van der Waals surface area contributed by atoms with Gasteiger partial charge in [-0.1, -0.05) is 39.0 Å². The molecule has 1 aromatic heterocycles. The zero-order chi connectivity index (χ0) is 21.3. The summed E-state index contributed by atoms with van der Waals surface area (Å²) in [6.07, 6.45) is 0.214. The SMILES string of the molecule is CC(C)OC(=O)[C@](CC(C)(C)C)(NS(=O)C(C)(C)C)c1cc2ccccc2s1. The summed E-state index contributed by atoms with van der Waals surface area (Å²) in [5, 5.41) is 1.07. The lowest BCUT2D eigenvalue weighted by Crippen LogP contribution is -2.55. The third-order valence-corrected chi connectivity index (χ3v) is 7.08. The Labute approximate surface area is 175 Å². The average Bonchev–Trinajstić information content (AvgIpc) is 2.95. The van der Waals surface area contributed by atoms with Crippen LogP contribution in [0.3, 0.4) is 0 Å². The number of fused-ring (bicyclic) bond motifs is 1. The number of nitrogens with one attached hydrogen (secondary N) is 1. The van der Waals surface area contributed by atoms with E-state index in [2.05, 4.69) is 25.5 Å². The Morgan fingerprint density at radius 2 is 1.75 bits per heavy atom. The molecule has 1 unspecified atom stereocenters. The Morgan fingerprint density at radius 1 is 1.14 bits per heavy atom. The highest BCUT2D eigenvalue weighted by Crippen LogP contribution is 2.42. The van der Waals surface area contributed by atoms with E-state index in [1.54, 1.807) is 11.3 Å². The van der Waals surface area contributed by atoms with E-state index >= 15 is 0 Å². The summed E-state index contributed by atoms with van der Waals surface area (Å²) in [5.41, 5.74) is -1.37. The van der Waals surface area contributed by atoms with E-state index in [1.165, 1.54) is 0 Å². The number of carbonyl (C=O) groups excluding carboxylic acids is 1. The molecular formula is C22H33NO3S2. The second-order valence-electron chi connectivity index (χ2n) is 9.73. The number of hydrogen-bond acceptors (Lipinski definition) is 4. The summed E-state index contributed by atoms with van der Waals surface area (Å²) in [5.74, 6) is -0.374. The summed E-state index contributed by atoms with van der Waals surface area (Å²) in [6, 6.07) is 10.1. The molecule has 0 amide bonds.